The smallest absolute Gasteiger partial charge is 0.271 e. The highest BCUT2D eigenvalue weighted by atomic mass is 32.1. The van der Waals surface area contributed by atoms with Gasteiger partial charge in [0, 0.05) is 12.2 Å². The Labute approximate surface area is 383 Å². The number of para-hydroxylation sites is 1. The van der Waals surface area contributed by atoms with Crippen molar-refractivity contribution in [3.05, 3.63) is 50.8 Å². The van der Waals surface area contributed by atoms with Crippen LogP contribution in [0.15, 0.2) is 39.9 Å². The molecular formula is C43H64N10O11S. The molecule has 0 saturated heterocycles. The number of carbonyl (C=O) groups excluding carboxylic acids is 8. The van der Waals surface area contributed by atoms with Crippen molar-refractivity contribution in [2.45, 2.75) is 136 Å². The molecule has 2 aromatic rings. The predicted octanol–water partition coefficient (Wildman–Crippen LogP) is -0.549. The third-order valence-electron chi connectivity index (χ3n) is 9.95. The number of Topliss-reactive ketones (excluding diaryl/α,β-unsaturated/α-hetero) is 1. The number of rotatable bonds is 27. The number of nitrogens with two attached hydrogens (primary N) is 1. The van der Waals surface area contributed by atoms with Gasteiger partial charge in [-0.2, -0.15) is 0 Å². The zero-order chi connectivity index (χ0) is 49.1. The van der Waals surface area contributed by atoms with E-state index >= 15 is 0 Å². The summed E-state index contributed by atoms with van der Waals surface area (Å²) in [5.74, 6) is -7.07. The van der Waals surface area contributed by atoms with E-state index in [1.54, 1.807) is 13.8 Å². The lowest BCUT2D eigenvalue weighted by atomic mass is 10.0. The van der Waals surface area contributed by atoms with Crippen molar-refractivity contribution in [1.82, 2.24) is 37.2 Å². The lowest BCUT2D eigenvalue weighted by Crippen LogP contribution is -2.59. The number of hydrogen-bond acceptors (Lipinski definition) is 13. The van der Waals surface area contributed by atoms with Gasteiger partial charge in [-0.05, 0) is 96.0 Å². The Morgan fingerprint density at radius 2 is 1.08 bits per heavy atom. The Balaban J connectivity index is 2.27. The summed E-state index contributed by atoms with van der Waals surface area (Å²) in [5.41, 5.74) is 3.22. The molecule has 7 atom stereocenters. The molecule has 0 aliphatic carbocycles. The molecule has 22 heteroatoms. The zero-order valence-electron chi connectivity index (χ0n) is 38.0. The summed E-state index contributed by atoms with van der Waals surface area (Å²) in [7, 11) is 0. The first-order valence-corrected chi connectivity index (χ1v) is 21.8. The maximum absolute atomic E-state index is 14.0. The number of aromatic hydroxyl groups is 1. The summed E-state index contributed by atoms with van der Waals surface area (Å²) in [5, 5.41) is 34.2. The Kier molecular flexibility index (Phi) is 22.2. The molecule has 2 aromatic carbocycles. The number of carbonyl (C=O) groups is 8. The normalized spacial score (nSPS) is 14.3. The van der Waals surface area contributed by atoms with Gasteiger partial charge in [-0.1, -0.05) is 45.9 Å². The minimum atomic E-state index is -1.57. The lowest BCUT2D eigenvalue weighted by Gasteiger charge is -2.27. The molecule has 12 N–H and O–H groups in total. The van der Waals surface area contributed by atoms with E-state index < -0.39 is 112 Å². The van der Waals surface area contributed by atoms with Gasteiger partial charge in [-0.3, -0.25) is 47.9 Å². The first kappa shape index (κ1) is 54.7. The van der Waals surface area contributed by atoms with Gasteiger partial charge in [-0.25, -0.2) is 0 Å². The molecule has 0 radical (unpaired) electrons. The third kappa shape index (κ3) is 18.7. The summed E-state index contributed by atoms with van der Waals surface area (Å²) in [6.07, 6.45) is 0.385. The molecule has 0 spiro atoms. The van der Waals surface area contributed by atoms with Crippen LogP contribution >= 0.6 is 12.2 Å². The maximum Gasteiger partial charge on any atom is 0.271 e. The van der Waals surface area contributed by atoms with Gasteiger partial charge >= 0.3 is 0 Å². The number of nitrogens with one attached hydrogen (secondary N) is 9. The Hall–Kier alpha value is -6.45. The molecule has 7 unspecified atom stereocenters. The largest absolute Gasteiger partial charge is 0.502 e. The number of amides is 7. The van der Waals surface area contributed by atoms with Crippen LogP contribution in [0.3, 0.4) is 0 Å². The highest BCUT2D eigenvalue weighted by Gasteiger charge is 2.34. The van der Waals surface area contributed by atoms with E-state index in [0.29, 0.717) is 24.5 Å². The summed E-state index contributed by atoms with van der Waals surface area (Å²) in [4.78, 5) is 128. The topological polar surface area (TPSA) is 325 Å². The average molecular weight is 929 g/mol. The van der Waals surface area contributed by atoms with Crippen LogP contribution in [0.25, 0.3) is 0 Å². The van der Waals surface area contributed by atoms with Crippen molar-refractivity contribution >= 4 is 75.8 Å². The Morgan fingerprint density at radius 3 is 1.58 bits per heavy atom. The molecule has 0 saturated carbocycles. The number of hydrogen-bond donors (Lipinski definition) is 11. The maximum atomic E-state index is 14.0. The third-order valence-corrected chi connectivity index (χ3v) is 10.2. The monoisotopic (exact) mass is 928 g/mol. The number of primary amides is 1. The quantitative estimate of drug-likeness (QED) is 0.0304. The van der Waals surface area contributed by atoms with Gasteiger partial charge in [0.25, 0.3) is 10.9 Å². The predicted molar refractivity (Wildman–Crippen MR) is 247 cm³/mol. The number of anilines is 2. The number of benzene rings is 1. The second-order valence-electron chi connectivity index (χ2n) is 16.7. The van der Waals surface area contributed by atoms with Crippen LogP contribution in [0.5, 0.6) is 5.75 Å². The van der Waals surface area contributed by atoms with Crippen LogP contribution in [0, 0.1) is 11.8 Å². The van der Waals surface area contributed by atoms with Crippen LogP contribution in [0.1, 0.15) is 93.9 Å². The van der Waals surface area contributed by atoms with Crippen molar-refractivity contribution < 1.29 is 43.5 Å². The lowest BCUT2D eigenvalue weighted by molar-refractivity contribution is -0.135. The Bertz CT molecular complexity index is 2090. The molecule has 0 aliphatic heterocycles. The molecule has 21 nitrogen and oxygen atoms in total. The minimum Gasteiger partial charge on any atom is -0.502 e. The number of thiocarbonyl (C=S) groups is 1. The highest BCUT2D eigenvalue weighted by Crippen LogP contribution is 2.18. The summed E-state index contributed by atoms with van der Waals surface area (Å²) in [6.45, 7) is 13.2. The van der Waals surface area contributed by atoms with Gasteiger partial charge in [-0.15, -0.1) is 0 Å². The molecule has 0 bridgehead atoms. The minimum absolute atomic E-state index is 0.0322. The van der Waals surface area contributed by atoms with Crippen LogP contribution in [0.4, 0.5) is 11.4 Å². The fourth-order valence-corrected chi connectivity index (χ4v) is 6.41. The second kappa shape index (κ2) is 26.4. The number of unbranched alkanes of at least 4 members (excludes halogenated alkanes) is 1. The van der Waals surface area contributed by atoms with Crippen molar-refractivity contribution in [2.24, 2.45) is 17.6 Å². The van der Waals surface area contributed by atoms with E-state index in [2.05, 4.69) is 47.9 Å². The van der Waals surface area contributed by atoms with Crippen molar-refractivity contribution in [3.63, 3.8) is 0 Å². The van der Waals surface area contributed by atoms with Gasteiger partial charge in [0.1, 0.15) is 41.9 Å². The second-order valence-corrected chi connectivity index (χ2v) is 17.1. The molecule has 2 rings (SSSR count). The molecule has 65 heavy (non-hydrogen) atoms. The van der Waals surface area contributed by atoms with Crippen LogP contribution in [0.2, 0.25) is 0 Å². The molecule has 0 heterocycles. The van der Waals surface area contributed by atoms with E-state index in [9.17, 15) is 53.1 Å². The fraction of sp³-hybridized carbons (Fsp3) is 0.558. The molecule has 7 amide bonds. The van der Waals surface area contributed by atoms with Crippen LogP contribution < -0.4 is 64.4 Å². The zero-order valence-corrected chi connectivity index (χ0v) is 38.9. The molecule has 0 aromatic heterocycles. The first-order valence-electron chi connectivity index (χ1n) is 21.4. The van der Waals surface area contributed by atoms with Gasteiger partial charge in [0.05, 0.1) is 12.5 Å². The van der Waals surface area contributed by atoms with Crippen molar-refractivity contribution in [1.29, 1.82) is 0 Å². The first-order chi connectivity index (χ1) is 30.4. The van der Waals surface area contributed by atoms with E-state index in [1.807, 2.05) is 44.2 Å². The fourth-order valence-electron chi connectivity index (χ4n) is 6.19. The molecular weight excluding hydrogens is 865 g/mol. The van der Waals surface area contributed by atoms with Crippen LogP contribution in [-0.2, 0) is 38.4 Å². The SMILES string of the molecule is CC(=O)C(C)NC(=O)C(C)NC(=O)C(CC(C)C)NC(=O)C(C)NC(=O)C(CCCCNC(=S)Nc1ccccc1)NC(=O)C(CC(C)C)NC(=O)C(CC(N)=O)Nc1c(O)c(=O)c1=O. The van der Waals surface area contributed by atoms with E-state index in [1.165, 1.54) is 27.7 Å². The van der Waals surface area contributed by atoms with Crippen molar-refractivity contribution in [2.75, 3.05) is 17.2 Å². The number of ketones is 1. The summed E-state index contributed by atoms with van der Waals surface area (Å²) >= 11 is 5.37. The van der Waals surface area contributed by atoms with E-state index in [4.69, 9.17) is 18.0 Å². The molecule has 0 aliphatic rings. The van der Waals surface area contributed by atoms with Gasteiger partial charge < -0.3 is 58.7 Å². The van der Waals surface area contributed by atoms with E-state index in [0.717, 1.165) is 5.69 Å². The highest BCUT2D eigenvalue weighted by molar-refractivity contribution is 7.80. The Morgan fingerprint density at radius 1 is 0.615 bits per heavy atom. The molecule has 358 valence electrons. The average Bonchev–Trinajstić information content (AvgIpc) is 3.22. The standard InChI is InChI=1S/C43H64N10O11S/c1-21(2)18-29(40(62)48-24(6)37(59)46-23(5)26(8)54)52-38(60)25(7)47-39(61)28(16-12-13-17-45-43(65)49-27-14-10-9-11-15-27)51-41(63)30(19-22(3)4)53-42(64)31(20-32(44)55)50-33-34(56)36(58)35(33)57/h9-11,14-15,21-25,28-31,50,56H,12-13,16-20H2,1-8H3,(H2,44,55)(H,46,59)(H,47,61)(H,48,62)(H,51,63)(H,52,60)(H,53,64)(H2,45,49,65). The summed E-state index contributed by atoms with van der Waals surface area (Å²) in [6, 6.07) is 0.864. The van der Waals surface area contributed by atoms with E-state index in [-0.39, 0.29) is 36.9 Å². The van der Waals surface area contributed by atoms with Gasteiger partial charge in [0.15, 0.2) is 16.6 Å². The van der Waals surface area contributed by atoms with Crippen LogP contribution in [-0.4, -0.2) is 106 Å². The van der Waals surface area contributed by atoms with Gasteiger partial charge in [0.2, 0.25) is 41.4 Å². The summed E-state index contributed by atoms with van der Waals surface area (Å²) < 4.78 is 0. The molecule has 0 fully saturated rings. The van der Waals surface area contributed by atoms with Crippen molar-refractivity contribution in [3.8, 4) is 5.75 Å².